The molecule has 4 nitrogen and oxygen atoms in total. The van der Waals surface area contributed by atoms with E-state index in [4.69, 9.17) is 4.42 Å². The minimum absolute atomic E-state index is 0.160. The number of nitrogens with one attached hydrogen (secondary N) is 2. The van der Waals surface area contributed by atoms with E-state index in [9.17, 15) is 0 Å². The first-order valence-corrected chi connectivity index (χ1v) is 6.86. The highest BCUT2D eigenvalue weighted by molar-refractivity contribution is 5.77. The van der Waals surface area contributed by atoms with Crippen LogP contribution in [0.25, 0.3) is 11.1 Å². The third-order valence-electron chi connectivity index (χ3n) is 2.84. The summed E-state index contributed by atoms with van der Waals surface area (Å²) in [7, 11) is 0. The molecule has 0 amide bonds. The Bertz CT molecular complexity index is 540. The van der Waals surface area contributed by atoms with Crippen molar-refractivity contribution in [3.05, 3.63) is 24.1 Å². The maximum atomic E-state index is 5.59. The average molecular weight is 261 g/mol. The number of nitrogens with zero attached hydrogens (tertiary/aromatic N) is 1. The lowest BCUT2D eigenvalue weighted by Gasteiger charge is -2.20. The zero-order chi connectivity index (χ0) is 13.9. The highest BCUT2D eigenvalue weighted by Gasteiger charge is 2.07. The molecule has 19 heavy (non-hydrogen) atoms. The SMILES string of the molecule is CCc1nc2cc(NCCNC(C)(C)C)ccc2o1. The zero-order valence-electron chi connectivity index (χ0n) is 12.2. The largest absolute Gasteiger partial charge is 0.441 e. The van der Waals surface area contributed by atoms with Gasteiger partial charge in [-0.2, -0.15) is 0 Å². The van der Waals surface area contributed by atoms with Gasteiger partial charge in [-0.25, -0.2) is 4.98 Å². The van der Waals surface area contributed by atoms with E-state index in [-0.39, 0.29) is 5.54 Å². The molecule has 0 aliphatic carbocycles. The van der Waals surface area contributed by atoms with Crippen molar-refractivity contribution in [3.8, 4) is 0 Å². The second-order valence-corrected chi connectivity index (χ2v) is 5.75. The van der Waals surface area contributed by atoms with Crippen LogP contribution in [0.1, 0.15) is 33.6 Å². The summed E-state index contributed by atoms with van der Waals surface area (Å²) in [6.07, 6.45) is 0.826. The molecule has 1 aromatic carbocycles. The molecular weight excluding hydrogens is 238 g/mol. The van der Waals surface area contributed by atoms with Crippen LogP contribution in [0.2, 0.25) is 0 Å². The fourth-order valence-electron chi connectivity index (χ4n) is 1.88. The molecule has 2 aromatic rings. The Morgan fingerprint density at radius 2 is 2.00 bits per heavy atom. The molecule has 4 heteroatoms. The van der Waals surface area contributed by atoms with Gasteiger partial charge < -0.3 is 15.1 Å². The van der Waals surface area contributed by atoms with Gasteiger partial charge in [0, 0.05) is 30.7 Å². The molecule has 0 bridgehead atoms. The molecule has 0 saturated carbocycles. The maximum Gasteiger partial charge on any atom is 0.195 e. The third-order valence-corrected chi connectivity index (χ3v) is 2.84. The summed E-state index contributed by atoms with van der Waals surface area (Å²) in [6.45, 7) is 10.4. The van der Waals surface area contributed by atoms with Gasteiger partial charge in [-0.15, -0.1) is 0 Å². The van der Waals surface area contributed by atoms with Crippen LogP contribution in [0.15, 0.2) is 22.6 Å². The standard InChI is InChI=1S/C15H23N3O/c1-5-14-18-12-10-11(6-7-13(12)19-14)16-8-9-17-15(2,3)4/h6-7,10,16-17H,5,8-9H2,1-4H3. The Morgan fingerprint density at radius 1 is 1.21 bits per heavy atom. The topological polar surface area (TPSA) is 50.1 Å². The highest BCUT2D eigenvalue weighted by Crippen LogP contribution is 2.20. The number of aryl methyl sites for hydroxylation is 1. The summed E-state index contributed by atoms with van der Waals surface area (Å²) in [4.78, 5) is 4.44. The van der Waals surface area contributed by atoms with Gasteiger partial charge in [0.2, 0.25) is 0 Å². The van der Waals surface area contributed by atoms with Crippen LogP contribution in [0, 0.1) is 0 Å². The molecule has 0 aliphatic rings. The molecule has 0 radical (unpaired) electrons. The van der Waals surface area contributed by atoms with Crippen molar-refractivity contribution in [1.82, 2.24) is 10.3 Å². The van der Waals surface area contributed by atoms with Crippen LogP contribution < -0.4 is 10.6 Å². The first-order valence-electron chi connectivity index (χ1n) is 6.86. The lowest BCUT2D eigenvalue weighted by Crippen LogP contribution is -2.38. The summed E-state index contributed by atoms with van der Waals surface area (Å²) in [6, 6.07) is 6.04. The van der Waals surface area contributed by atoms with Gasteiger partial charge in [0.05, 0.1) is 0 Å². The number of fused-ring (bicyclic) bond motifs is 1. The minimum atomic E-state index is 0.160. The molecule has 2 rings (SSSR count). The second kappa shape index (κ2) is 5.61. The monoisotopic (exact) mass is 261 g/mol. The molecule has 0 spiro atoms. The van der Waals surface area contributed by atoms with E-state index < -0.39 is 0 Å². The van der Waals surface area contributed by atoms with Gasteiger partial charge in [-0.1, -0.05) is 6.92 Å². The van der Waals surface area contributed by atoms with E-state index in [0.717, 1.165) is 42.2 Å². The van der Waals surface area contributed by atoms with Crippen LogP contribution in [-0.2, 0) is 6.42 Å². The Labute approximate surface area is 114 Å². The predicted octanol–water partition coefficient (Wildman–Crippen LogP) is 3.19. The van der Waals surface area contributed by atoms with Crippen LogP contribution >= 0.6 is 0 Å². The van der Waals surface area contributed by atoms with Crippen molar-refractivity contribution in [2.45, 2.75) is 39.7 Å². The van der Waals surface area contributed by atoms with Gasteiger partial charge in [0.1, 0.15) is 5.52 Å². The van der Waals surface area contributed by atoms with E-state index in [1.165, 1.54) is 0 Å². The molecule has 1 aromatic heterocycles. The van der Waals surface area contributed by atoms with Crippen LogP contribution in [0.4, 0.5) is 5.69 Å². The molecule has 0 unspecified atom stereocenters. The van der Waals surface area contributed by atoms with E-state index >= 15 is 0 Å². The zero-order valence-corrected chi connectivity index (χ0v) is 12.2. The minimum Gasteiger partial charge on any atom is -0.441 e. The van der Waals surface area contributed by atoms with Gasteiger partial charge >= 0.3 is 0 Å². The van der Waals surface area contributed by atoms with Crippen molar-refractivity contribution in [3.63, 3.8) is 0 Å². The first kappa shape index (κ1) is 13.9. The van der Waals surface area contributed by atoms with Crippen molar-refractivity contribution in [2.24, 2.45) is 0 Å². The van der Waals surface area contributed by atoms with E-state index in [1.807, 2.05) is 25.1 Å². The Morgan fingerprint density at radius 3 is 2.68 bits per heavy atom. The molecule has 0 fully saturated rings. The smallest absolute Gasteiger partial charge is 0.195 e. The maximum absolute atomic E-state index is 5.59. The number of oxazole rings is 1. The van der Waals surface area contributed by atoms with E-state index in [1.54, 1.807) is 0 Å². The number of benzene rings is 1. The van der Waals surface area contributed by atoms with Gasteiger partial charge in [-0.05, 0) is 39.0 Å². The summed E-state index contributed by atoms with van der Waals surface area (Å²) in [5.74, 6) is 0.793. The van der Waals surface area contributed by atoms with Crippen molar-refractivity contribution < 1.29 is 4.42 Å². The quantitative estimate of drug-likeness (QED) is 0.812. The second-order valence-electron chi connectivity index (χ2n) is 5.75. The Kier molecular flexibility index (Phi) is 4.10. The van der Waals surface area contributed by atoms with Crippen molar-refractivity contribution in [2.75, 3.05) is 18.4 Å². The van der Waals surface area contributed by atoms with E-state index in [0.29, 0.717) is 0 Å². The van der Waals surface area contributed by atoms with Crippen molar-refractivity contribution in [1.29, 1.82) is 0 Å². The number of anilines is 1. The fourth-order valence-corrected chi connectivity index (χ4v) is 1.88. The van der Waals surface area contributed by atoms with Crippen LogP contribution in [0.5, 0.6) is 0 Å². The summed E-state index contributed by atoms with van der Waals surface area (Å²) in [5, 5.41) is 6.84. The van der Waals surface area contributed by atoms with Gasteiger partial charge in [0.25, 0.3) is 0 Å². The van der Waals surface area contributed by atoms with Gasteiger partial charge in [-0.3, -0.25) is 0 Å². The molecule has 104 valence electrons. The van der Waals surface area contributed by atoms with Crippen molar-refractivity contribution >= 4 is 16.8 Å². The number of aromatic nitrogens is 1. The third kappa shape index (κ3) is 3.96. The number of hydrogen-bond acceptors (Lipinski definition) is 4. The number of rotatable bonds is 5. The number of hydrogen-bond donors (Lipinski definition) is 2. The summed E-state index contributed by atoms with van der Waals surface area (Å²) in [5.41, 5.74) is 3.02. The molecule has 0 saturated heterocycles. The summed E-state index contributed by atoms with van der Waals surface area (Å²) >= 11 is 0. The molecule has 2 N–H and O–H groups in total. The predicted molar refractivity (Wildman–Crippen MR) is 79.6 cm³/mol. The average Bonchev–Trinajstić information content (AvgIpc) is 2.75. The lowest BCUT2D eigenvalue weighted by atomic mass is 10.1. The van der Waals surface area contributed by atoms with E-state index in [2.05, 4.69) is 36.4 Å². The summed E-state index contributed by atoms with van der Waals surface area (Å²) < 4.78 is 5.59. The lowest BCUT2D eigenvalue weighted by molar-refractivity contribution is 0.435. The normalized spacial score (nSPS) is 12.0. The molecule has 0 atom stereocenters. The van der Waals surface area contributed by atoms with Crippen LogP contribution in [-0.4, -0.2) is 23.6 Å². The Balaban J connectivity index is 1.94. The molecule has 1 heterocycles. The van der Waals surface area contributed by atoms with Gasteiger partial charge in [0.15, 0.2) is 11.5 Å². The Hall–Kier alpha value is -1.55. The molecule has 0 aliphatic heterocycles. The first-order chi connectivity index (χ1) is 8.98. The highest BCUT2D eigenvalue weighted by atomic mass is 16.3. The fraction of sp³-hybridized carbons (Fsp3) is 0.533. The van der Waals surface area contributed by atoms with Crippen LogP contribution in [0.3, 0.4) is 0 Å². The molecular formula is C15H23N3O.